The largest absolute Gasteiger partial charge is 0.481 e. The predicted octanol–water partition coefficient (Wildman–Crippen LogP) is 3.08. The number of benzene rings is 1. The number of amides is 1. The Morgan fingerprint density at radius 3 is 2.73 bits per heavy atom. The molecule has 0 spiro atoms. The number of aromatic nitrogens is 1. The van der Waals surface area contributed by atoms with Crippen molar-refractivity contribution in [1.29, 1.82) is 0 Å². The minimum Gasteiger partial charge on any atom is -0.481 e. The Hall–Kier alpha value is -2.38. The highest BCUT2D eigenvalue weighted by atomic mass is 32.2. The Balaban J connectivity index is 1.64. The lowest BCUT2D eigenvalue weighted by Gasteiger charge is -2.15. The minimum atomic E-state index is -0.848. The molecule has 1 unspecified atom stereocenters. The van der Waals surface area contributed by atoms with Crippen molar-refractivity contribution >= 4 is 29.3 Å². The van der Waals surface area contributed by atoms with Gasteiger partial charge in [-0.3, -0.25) is 14.6 Å². The summed E-state index contributed by atoms with van der Waals surface area (Å²) in [5, 5.41) is 15.1. The van der Waals surface area contributed by atoms with Gasteiger partial charge in [-0.25, -0.2) is 0 Å². The highest BCUT2D eigenvalue weighted by Crippen LogP contribution is 2.37. The molecule has 3 N–H and O–H groups in total. The molecule has 3 rings (SSSR count). The lowest BCUT2D eigenvalue weighted by molar-refractivity contribution is -0.137. The van der Waals surface area contributed by atoms with Crippen molar-refractivity contribution in [3.63, 3.8) is 0 Å². The van der Waals surface area contributed by atoms with E-state index < -0.39 is 5.97 Å². The molecule has 0 aliphatic carbocycles. The van der Waals surface area contributed by atoms with Crippen LogP contribution in [-0.2, 0) is 9.59 Å². The van der Waals surface area contributed by atoms with Crippen molar-refractivity contribution in [1.82, 2.24) is 10.3 Å². The summed E-state index contributed by atoms with van der Waals surface area (Å²) in [6, 6.07) is 11.1. The van der Waals surface area contributed by atoms with Gasteiger partial charge >= 0.3 is 5.97 Å². The summed E-state index contributed by atoms with van der Waals surface area (Å²) in [5.74, 6) is -0.860. The average Bonchev–Trinajstić information content (AvgIpc) is 3.18. The SMILES string of the molecule is O=C(O)CC(Sc1ccc(NC(=O)[C@H]2CCCN2)cc1)c1cccnc1. The first-order valence-corrected chi connectivity index (χ1v) is 9.42. The zero-order valence-corrected chi connectivity index (χ0v) is 15.0. The normalized spacial score (nSPS) is 17.6. The number of hydrogen-bond acceptors (Lipinski definition) is 5. The molecule has 2 atom stereocenters. The minimum absolute atomic E-state index is 0.0120. The first-order chi connectivity index (χ1) is 12.6. The monoisotopic (exact) mass is 371 g/mol. The lowest BCUT2D eigenvalue weighted by atomic mass is 10.1. The molecule has 0 radical (unpaired) electrons. The summed E-state index contributed by atoms with van der Waals surface area (Å²) in [5.41, 5.74) is 1.62. The van der Waals surface area contributed by atoms with Gasteiger partial charge in [0.15, 0.2) is 0 Å². The number of aliphatic carboxylic acids is 1. The van der Waals surface area contributed by atoms with E-state index in [1.165, 1.54) is 11.8 Å². The van der Waals surface area contributed by atoms with E-state index in [4.69, 9.17) is 0 Å². The van der Waals surface area contributed by atoms with E-state index >= 15 is 0 Å². The fourth-order valence-electron chi connectivity index (χ4n) is 2.87. The van der Waals surface area contributed by atoms with Crippen molar-refractivity contribution in [2.24, 2.45) is 0 Å². The molecule has 7 heteroatoms. The van der Waals surface area contributed by atoms with Crippen molar-refractivity contribution < 1.29 is 14.7 Å². The maximum absolute atomic E-state index is 12.1. The number of hydrogen-bond donors (Lipinski definition) is 3. The van der Waals surface area contributed by atoms with E-state index in [0.29, 0.717) is 0 Å². The molecular weight excluding hydrogens is 350 g/mol. The Labute approximate surface area is 156 Å². The van der Waals surface area contributed by atoms with Crippen molar-refractivity contribution in [2.75, 3.05) is 11.9 Å². The first-order valence-electron chi connectivity index (χ1n) is 8.54. The summed E-state index contributed by atoms with van der Waals surface area (Å²) >= 11 is 1.48. The fourth-order valence-corrected chi connectivity index (χ4v) is 3.99. The van der Waals surface area contributed by atoms with E-state index in [2.05, 4.69) is 15.6 Å². The van der Waals surface area contributed by atoms with Gasteiger partial charge in [0.05, 0.1) is 12.5 Å². The fraction of sp³-hybridized carbons (Fsp3) is 0.316. The zero-order chi connectivity index (χ0) is 18.4. The quantitative estimate of drug-likeness (QED) is 0.648. The summed E-state index contributed by atoms with van der Waals surface area (Å²) in [7, 11) is 0. The van der Waals surface area contributed by atoms with Crippen molar-refractivity contribution in [2.45, 2.75) is 35.4 Å². The van der Waals surface area contributed by atoms with Crippen molar-refractivity contribution in [3.05, 3.63) is 54.4 Å². The molecule has 1 saturated heterocycles. The molecule has 1 aromatic heterocycles. The number of nitrogens with zero attached hydrogens (tertiary/aromatic N) is 1. The highest BCUT2D eigenvalue weighted by Gasteiger charge is 2.22. The van der Waals surface area contributed by atoms with Gasteiger partial charge in [-0.05, 0) is 55.3 Å². The number of thioether (sulfide) groups is 1. The van der Waals surface area contributed by atoms with E-state index in [0.717, 1.165) is 35.5 Å². The van der Waals surface area contributed by atoms with Gasteiger partial charge in [-0.15, -0.1) is 11.8 Å². The molecular formula is C19H21N3O3S. The van der Waals surface area contributed by atoms with Crippen LogP contribution in [0.3, 0.4) is 0 Å². The number of carbonyl (C=O) groups excluding carboxylic acids is 1. The van der Waals surface area contributed by atoms with Crippen LogP contribution in [0.1, 0.15) is 30.1 Å². The van der Waals surface area contributed by atoms with Crippen LogP contribution >= 0.6 is 11.8 Å². The van der Waals surface area contributed by atoms with Crippen LogP contribution in [0.2, 0.25) is 0 Å². The van der Waals surface area contributed by atoms with Crippen molar-refractivity contribution in [3.8, 4) is 0 Å². The van der Waals surface area contributed by atoms with E-state index in [9.17, 15) is 14.7 Å². The lowest BCUT2D eigenvalue weighted by Crippen LogP contribution is -2.35. The molecule has 2 aromatic rings. The molecule has 0 bridgehead atoms. The maximum atomic E-state index is 12.1. The molecule has 26 heavy (non-hydrogen) atoms. The van der Waals surface area contributed by atoms with Crippen LogP contribution in [0.15, 0.2) is 53.7 Å². The molecule has 0 saturated carbocycles. The number of pyridine rings is 1. The number of carboxylic acid groups (broad SMARTS) is 1. The van der Waals surface area contributed by atoms with E-state index in [1.54, 1.807) is 18.5 Å². The molecule has 6 nitrogen and oxygen atoms in total. The van der Waals surface area contributed by atoms with E-state index in [-0.39, 0.29) is 23.6 Å². The number of rotatable bonds is 7. The summed E-state index contributed by atoms with van der Waals surface area (Å²) in [6.07, 6.45) is 5.27. The van der Waals surface area contributed by atoms with Crippen LogP contribution in [0, 0.1) is 0 Å². The summed E-state index contributed by atoms with van der Waals surface area (Å²) in [6.45, 7) is 0.882. The highest BCUT2D eigenvalue weighted by molar-refractivity contribution is 7.99. The third kappa shape index (κ3) is 5.06. The van der Waals surface area contributed by atoms with Gasteiger partial charge in [0.2, 0.25) is 5.91 Å². The number of anilines is 1. The van der Waals surface area contributed by atoms with Gasteiger partial charge in [0.1, 0.15) is 0 Å². The number of nitrogens with one attached hydrogen (secondary N) is 2. The molecule has 1 aliphatic rings. The molecule has 136 valence electrons. The van der Waals surface area contributed by atoms with Crippen LogP contribution < -0.4 is 10.6 Å². The Kier molecular flexibility index (Phi) is 6.25. The maximum Gasteiger partial charge on any atom is 0.304 e. The smallest absolute Gasteiger partial charge is 0.304 e. The Morgan fingerprint density at radius 2 is 2.12 bits per heavy atom. The van der Waals surface area contributed by atoms with Crippen LogP contribution in [-0.4, -0.2) is 34.6 Å². The Bertz CT molecular complexity index is 746. The standard InChI is InChI=1S/C19H21N3O3S/c23-18(24)11-17(13-3-1-9-20-12-13)26-15-7-5-14(6-8-15)22-19(25)16-4-2-10-21-16/h1,3,5-9,12,16-17,21H,2,4,10-11H2,(H,22,25)(H,23,24)/t16-,17?/m1/s1. The van der Waals surface area contributed by atoms with Gasteiger partial charge in [0.25, 0.3) is 0 Å². The summed E-state index contributed by atoms with van der Waals surface area (Å²) in [4.78, 5) is 28.3. The van der Waals surface area contributed by atoms with E-state index in [1.807, 2.05) is 30.3 Å². The zero-order valence-electron chi connectivity index (χ0n) is 14.2. The number of carboxylic acids is 1. The second-order valence-electron chi connectivity index (χ2n) is 6.15. The average molecular weight is 371 g/mol. The van der Waals surface area contributed by atoms with Gasteiger partial charge in [-0.1, -0.05) is 6.07 Å². The third-order valence-corrected chi connectivity index (χ3v) is 5.46. The molecule has 2 heterocycles. The molecule has 1 aromatic carbocycles. The van der Waals surface area contributed by atoms with Gasteiger partial charge in [0, 0.05) is 28.2 Å². The van der Waals surface area contributed by atoms with Gasteiger partial charge < -0.3 is 15.7 Å². The first kappa shape index (κ1) is 18.4. The second-order valence-corrected chi connectivity index (χ2v) is 7.43. The molecule has 1 amide bonds. The van der Waals surface area contributed by atoms with Gasteiger partial charge in [-0.2, -0.15) is 0 Å². The second kappa shape index (κ2) is 8.82. The topological polar surface area (TPSA) is 91.3 Å². The van der Waals surface area contributed by atoms with Crippen LogP contribution in [0.5, 0.6) is 0 Å². The van der Waals surface area contributed by atoms with Crippen LogP contribution in [0.25, 0.3) is 0 Å². The predicted molar refractivity (Wildman–Crippen MR) is 101 cm³/mol. The molecule has 1 aliphatic heterocycles. The van der Waals surface area contributed by atoms with Crippen LogP contribution in [0.4, 0.5) is 5.69 Å². The third-order valence-electron chi connectivity index (χ3n) is 4.19. The molecule has 1 fully saturated rings. The summed E-state index contributed by atoms with van der Waals surface area (Å²) < 4.78 is 0. The number of carbonyl (C=O) groups is 2. The Morgan fingerprint density at radius 1 is 1.31 bits per heavy atom.